The molecule has 2 unspecified atom stereocenters. The van der Waals surface area contributed by atoms with Crippen LogP contribution in [0.4, 0.5) is 0 Å². The van der Waals surface area contributed by atoms with E-state index < -0.39 is 0 Å². The van der Waals surface area contributed by atoms with Crippen molar-refractivity contribution in [1.29, 1.82) is 0 Å². The molecule has 1 aliphatic heterocycles. The van der Waals surface area contributed by atoms with E-state index in [4.69, 9.17) is 0 Å². The minimum atomic E-state index is 0.282. The molecule has 1 saturated heterocycles. The Hall–Kier alpha value is -0.370. The van der Waals surface area contributed by atoms with Gasteiger partial charge < -0.3 is 5.32 Å². The Morgan fingerprint density at radius 3 is 2.38 bits per heavy atom. The predicted molar refractivity (Wildman–Crippen MR) is 54.6 cm³/mol. The van der Waals surface area contributed by atoms with E-state index in [0.29, 0.717) is 17.6 Å². The summed E-state index contributed by atoms with van der Waals surface area (Å²) in [6, 6.07) is 0. The first-order valence-electron chi connectivity index (χ1n) is 5.45. The molecule has 2 nitrogen and oxygen atoms in total. The fourth-order valence-electron chi connectivity index (χ4n) is 2.18. The summed E-state index contributed by atoms with van der Waals surface area (Å²) in [4.78, 5) is 12.0. The molecule has 2 atom stereocenters. The van der Waals surface area contributed by atoms with E-state index >= 15 is 0 Å². The quantitative estimate of drug-likeness (QED) is 0.720. The summed E-state index contributed by atoms with van der Waals surface area (Å²) >= 11 is 0. The summed E-state index contributed by atoms with van der Waals surface area (Å²) in [7, 11) is 0. The normalized spacial score (nSPS) is 28.3. The van der Waals surface area contributed by atoms with Crippen LogP contribution in [0.1, 0.15) is 33.6 Å². The first-order valence-corrected chi connectivity index (χ1v) is 5.45. The van der Waals surface area contributed by atoms with Crippen LogP contribution in [-0.4, -0.2) is 18.9 Å². The van der Waals surface area contributed by atoms with Gasteiger partial charge in [0.25, 0.3) is 0 Å². The number of hydrogen-bond donors (Lipinski definition) is 1. The molecule has 0 aromatic heterocycles. The molecule has 76 valence electrons. The zero-order valence-electron chi connectivity index (χ0n) is 8.97. The van der Waals surface area contributed by atoms with Gasteiger partial charge in [-0.25, -0.2) is 0 Å². The molecular weight excluding hydrogens is 162 g/mol. The van der Waals surface area contributed by atoms with E-state index in [1.807, 2.05) is 0 Å². The molecule has 0 aromatic rings. The minimum Gasteiger partial charge on any atom is -0.316 e. The second-order valence-corrected chi connectivity index (χ2v) is 4.16. The highest BCUT2D eigenvalue weighted by molar-refractivity contribution is 5.84. The smallest absolute Gasteiger partial charge is 0.140 e. The molecule has 0 amide bonds. The lowest BCUT2D eigenvalue weighted by Crippen LogP contribution is -2.27. The minimum absolute atomic E-state index is 0.282. The van der Waals surface area contributed by atoms with Crippen molar-refractivity contribution in [3.63, 3.8) is 0 Å². The van der Waals surface area contributed by atoms with Gasteiger partial charge in [-0.1, -0.05) is 20.8 Å². The zero-order valence-corrected chi connectivity index (χ0v) is 8.97. The molecule has 1 aliphatic rings. The van der Waals surface area contributed by atoms with Crippen LogP contribution >= 0.6 is 0 Å². The number of Topliss-reactive ketones (excluding diaryl/α,β-unsaturated/α-hetero) is 1. The van der Waals surface area contributed by atoms with Crippen LogP contribution in [0.2, 0.25) is 0 Å². The second-order valence-electron chi connectivity index (χ2n) is 4.16. The van der Waals surface area contributed by atoms with Gasteiger partial charge in [0, 0.05) is 18.4 Å². The van der Waals surface area contributed by atoms with Crippen molar-refractivity contribution in [3.8, 4) is 0 Å². The lowest BCUT2D eigenvalue weighted by Gasteiger charge is -2.18. The molecule has 1 N–H and O–H groups in total. The van der Waals surface area contributed by atoms with Gasteiger partial charge in [0.15, 0.2) is 0 Å². The van der Waals surface area contributed by atoms with Crippen molar-refractivity contribution in [1.82, 2.24) is 5.32 Å². The Kier molecular flexibility index (Phi) is 3.91. The van der Waals surface area contributed by atoms with E-state index in [-0.39, 0.29) is 5.92 Å². The molecule has 0 aliphatic carbocycles. The highest BCUT2D eigenvalue weighted by Crippen LogP contribution is 2.23. The standard InChI is InChI=1S/C11H21NO/c1-4-9(5-2)11(13)10-7-12-6-8(10)3/h8-10,12H,4-7H2,1-3H3. The third-order valence-electron chi connectivity index (χ3n) is 3.27. The maximum Gasteiger partial charge on any atom is 0.140 e. The van der Waals surface area contributed by atoms with Crippen LogP contribution in [0.15, 0.2) is 0 Å². The van der Waals surface area contributed by atoms with E-state index in [1.54, 1.807) is 0 Å². The van der Waals surface area contributed by atoms with Crippen LogP contribution in [0.3, 0.4) is 0 Å². The molecule has 0 radical (unpaired) electrons. The Labute approximate surface area is 81.1 Å². The SMILES string of the molecule is CCC(CC)C(=O)C1CNCC1C. The molecule has 1 fully saturated rings. The van der Waals surface area contributed by atoms with Crippen molar-refractivity contribution in [2.24, 2.45) is 17.8 Å². The second kappa shape index (κ2) is 4.75. The molecule has 0 saturated carbocycles. The summed E-state index contributed by atoms with van der Waals surface area (Å²) in [5, 5.41) is 3.29. The van der Waals surface area contributed by atoms with Crippen molar-refractivity contribution in [2.45, 2.75) is 33.6 Å². The largest absolute Gasteiger partial charge is 0.316 e. The summed E-state index contributed by atoms with van der Waals surface area (Å²) in [5.74, 6) is 1.60. The van der Waals surface area contributed by atoms with E-state index in [2.05, 4.69) is 26.1 Å². The molecule has 1 rings (SSSR count). The van der Waals surface area contributed by atoms with Crippen LogP contribution in [0, 0.1) is 17.8 Å². The zero-order chi connectivity index (χ0) is 9.84. The monoisotopic (exact) mass is 183 g/mol. The fourth-order valence-corrected chi connectivity index (χ4v) is 2.18. The maximum absolute atomic E-state index is 12.0. The van der Waals surface area contributed by atoms with Gasteiger partial charge in [-0.2, -0.15) is 0 Å². The average molecular weight is 183 g/mol. The van der Waals surface area contributed by atoms with Gasteiger partial charge in [0.2, 0.25) is 0 Å². The predicted octanol–water partition coefficient (Wildman–Crippen LogP) is 1.85. The molecule has 13 heavy (non-hydrogen) atoms. The summed E-state index contributed by atoms with van der Waals surface area (Å²) in [5.41, 5.74) is 0. The van der Waals surface area contributed by atoms with Gasteiger partial charge in [0.05, 0.1) is 0 Å². The first kappa shape index (κ1) is 10.7. The van der Waals surface area contributed by atoms with Gasteiger partial charge in [-0.3, -0.25) is 4.79 Å². The molecule has 0 spiro atoms. The van der Waals surface area contributed by atoms with Gasteiger partial charge in [-0.15, -0.1) is 0 Å². The molecular formula is C11H21NO. The Bertz CT molecular complexity index is 175. The van der Waals surface area contributed by atoms with E-state index in [0.717, 1.165) is 25.9 Å². The number of nitrogens with one attached hydrogen (secondary N) is 1. The Morgan fingerprint density at radius 1 is 1.38 bits per heavy atom. The third kappa shape index (κ3) is 2.31. The molecule has 1 heterocycles. The number of carbonyl (C=O) groups is 1. The van der Waals surface area contributed by atoms with Gasteiger partial charge in [0.1, 0.15) is 5.78 Å². The maximum atomic E-state index is 12.0. The highest BCUT2D eigenvalue weighted by atomic mass is 16.1. The number of hydrogen-bond acceptors (Lipinski definition) is 2. The molecule has 0 aromatic carbocycles. The van der Waals surface area contributed by atoms with E-state index in [9.17, 15) is 4.79 Å². The van der Waals surface area contributed by atoms with Crippen molar-refractivity contribution >= 4 is 5.78 Å². The third-order valence-corrected chi connectivity index (χ3v) is 3.27. The van der Waals surface area contributed by atoms with Crippen LogP contribution in [-0.2, 0) is 4.79 Å². The van der Waals surface area contributed by atoms with Crippen LogP contribution in [0.25, 0.3) is 0 Å². The summed E-state index contributed by atoms with van der Waals surface area (Å²) < 4.78 is 0. The molecule has 0 bridgehead atoms. The summed E-state index contributed by atoms with van der Waals surface area (Å²) in [6.07, 6.45) is 2.00. The van der Waals surface area contributed by atoms with Crippen LogP contribution < -0.4 is 5.32 Å². The fraction of sp³-hybridized carbons (Fsp3) is 0.909. The van der Waals surface area contributed by atoms with Crippen LogP contribution in [0.5, 0.6) is 0 Å². The lowest BCUT2D eigenvalue weighted by molar-refractivity contribution is -0.127. The number of ketones is 1. The number of carbonyl (C=O) groups excluding carboxylic acids is 1. The molecule has 2 heteroatoms. The number of rotatable bonds is 4. The summed E-state index contributed by atoms with van der Waals surface area (Å²) in [6.45, 7) is 8.30. The van der Waals surface area contributed by atoms with Crippen molar-refractivity contribution in [2.75, 3.05) is 13.1 Å². The average Bonchev–Trinajstić information content (AvgIpc) is 2.53. The first-order chi connectivity index (χ1) is 6.20. The topological polar surface area (TPSA) is 29.1 Å². The Balaban J connectivity index is 2.54. The van der Waals surface area contributed by atoms with Crippen molar-refractivity contribution < 1.29 is 4.79 Å². The Morgan fingerprint density at radius 2 is 2.00 bits per heavy atom. The lowest BCUT2D eigenvalue weighted by atomic mass is 9.84. The van der Waals surface area contributed by atoms with Gasteiger partial charge >= 0.3 is 0 Å². The van der Waals surface area contributed by atoms with Gasteiger partial charge in [-0.05, 0) is 25.3 Å². The highest BCUT2D eigenvalue weighted by Gasteiger charge is 2.32. The van der Waals surface area contributed by atoms with E-state index in [1.165, 1.54) is 0 Å². The van der Waals surface area contributed by atoms with Crippen molar-refractivity contribution in [3.05, 3.63) is 0 Å².